The molecule has 1 N–H and O–H groups in total. The van der Waals surface area contributed by atoms with E-state index in [4.69, 9.17) is 0 Å². The number of hydrogen-bond acceptors (Lipinski definition) is 2. The van der Waals surface area contributed by atoms with E-state index >= 15 is 0 Å². The molecule has 0 atom stereocenters. The second-order valence-electron chi connectivity index (χ2n) is 3.92. The van der Waals surface area contributed by atoms with Gasteiger partial charge in [-0.3, -0.25) is 4.98 Å². The quantitative estimate of drug-likeness (QED) is 0.770. The van der Waals surface area contributed by atoms with Gasteiger partial charge in [-0.2, -0.15) is 0 Å². The van der Waals surface area contributed by atoms with Gasteiger partial charge in [-0.15, -0.1) is 0 Å². The molecule has 0 saturated heterocycles. The number of rotatable bonds is 6. The van der Waals surface area contributed by atoms with Crippen LogP contribution in [0.5, 0.6) is 0 Å². The average Bonchev–Trinajstić information content (AvgIpc) is 2.37. The highest BCUT2D eigenvalue weighted by Gasteiger charge is 2.11. The molecule has 1 aromatic heterocycles. The maximum atomic E-state index is 11.8. The highest BCUT2D eigenvalue weighted by atomic mass is 16.2. The van der Waals surface area contributed by atoms with Gasteiger partial charge in [-0.1, -0.05) is 19.4 Å². The molecule has 94 valence electrons. The first kappa shape index (κ1) is 13.5. The highest BCUT2D eigenvalue weighted by molar-refractivity contribution is 5.74. The SMILES string of the molecule is CCCCNC(=O)N(CC)Cc1ccccn1. The number of carbonyl (C=O) groups is 1. The van der Waals surface area contributed by atoms with Crippen molar-refractivity contribution in [3.63, 3.8) is 0 Å². The lowest BCUT2D eigenvalue weighted by Gasteiger charge is -2.20. The third-order valence-electron chi connectivity index (χ3n) is 2.55. The summed E-state index contributed by atoms with van der Waals surface area (Å²) in [5.41, 5.74) is 0.917. The van der Waals surface area contributed by atoms with E-state index < -0.39 is 0 Å². The molecule has 2 amide bonds. The van der Waals surface area contributed by atoms with Gasteiger partial charge in [0.2, 0.25) is 0 Å². The second-order valence-corrected chi connectivity index (χ2v) is 3.92. The zero-order valence-electron chi connectivity index (χ0n) is 10.6. The first-order valence-corrected chi connectivity index (χ1v) is 6.20. The molecule has 17 heavy (non-hydrogen) atoms. The van der Waals surface area contributed by atoms with Crippen LogP contribution in [0.15, 0.2) is 24.4 Å². The van der Waals surface area contributed by atoms with E-state index in [9.17, 15) is 4.79 Å². The molecule has 0 aromatic carbocycles. The van der Waals surface area contributed by atoms with Crippen LogP contribution in [0, 0.1) is 0 Å². The van der Waals surface area contributed by atoms with Crippen LogP contribution in [0.3, 0.4) is 0 Å². The minimum absolute atomic E-state index is 0.00777. The molecular formula is C13H21N3O. The number of aromatic nitrogens is 1. The minimum Gasteiger partial charge on any atom is -0.338 e. The maximum Gasteiger partial charge on any atom is 0.317 e. The molecule has 4 heteroatoms. The zero-order chi connectivity index (χ0) is 12.5. The Kier molecular flexibility index (Phi) is 6.07. The van der Waals surface area contributed by atoms with Crippen molar-refractivity contribution in [2.75, 3.05) is 13.1 Å². The van der Waals surface area contributed by atoms with E-state index in [0.29, 0.717) is 13.1 Å². The third-order valence-corrected chi connectivity index (χ3v) is 2.55. The average molecular weight is 235 g/mol. The summed E-state index contributed by atoms with van der Waals surface area (Å²) in [6.07, 6.45) is 3.86. The Morgan fingerprint density at radius 1 is 1.41 bits per heavy atom. The number of nitrogens with one attached hydrogen (secondary N) is 1. The van der Waals surface area contributed by atoms with Gasteiger partial charge in [0.15, 0.2) is 0 Å². The molecular weight excluding hydrogens is 214 g/mol. The fourth-order valence-electron chi connectivity index (χ4n) is 1.50. The smallest absolute Gasteiger partial charge is 0.317 e. The third kappa shape index (κ3) is 4.85. The van der Waals surface area contributed by atoms with Crippen LogP contribution in [-0.2, 0) is 6.54 Å². The van der Waals surface area contributed by atoms with Crippen LogP contribution in [0.25, 0.3) is 0 Å². The summed E-state index contributed by atoms with van der Waals surface area (Å²) in [5, 5.41) is 2.91. The lowest BCUT2D eigenvalue weighted by molar-refractivity contribution is 0.197. The predicted octanol–water partition coefficient (Wildman–Crippen LogP) is 2.41. The van der Waals surface area contributed by atoms with E-state index in [2.05, 4.69) is 17.2 Å². The predicted molar refractivity (Wildman–Crippen MR) is 68.6 cm³/mol. The molecule has 1 heterocycles. The van der Waals surface area contributed by atoms with Crippen LogP contribution in [0.4, 0.5) is 4.79 Å². The standard InChI is InChI=1S/C13H21N3O/c1-3-5-9-15-13(17)16(4-2)11-12-8-6-7-10-14-12/h6-8,10H,3-5,9,11H2,1-2H3,(H,15,17). The molecule has 1 rings (SSSR count). The van der Waals surface area contributed by atoms with E-state index in [0.717, 1.165) is 25.1 Å². The van der Waals surface area contributed by atoms with E-state index in [1.807, 2.05) is 25.1 Å². The van der Waals surface area contributed by atoms with E-state index in [1.54, 1.807) is 11.1 Å². The van der Waals surface area contributed by atoms with Gasteiger partial charge in [-0.25, -0.2) is 4.79 Å². The largest absolute Gasteiger partial charge is 0.338 e. The van der Waals surface area contributed by atoms with Gasteiger partial charge < -0.3 is 10.2 Å². The van der Waals surface area contributed by atoms with Crippen LogP contribution in [0.2, 0.25) is 0 Å². The Bertz CT molecular complexity index is 327. The molecule has 0 fully saturated rings. The van der Waals surface area contributed by atoms with Crippen molar-refractivity contribution in [2.45, 2.75) is 33.2 Å². The molecule has 1 aromatic rings. The van der Waals surface area contributed by atoms with Gasteiger partial charge in [0, 0.05) is 19.3 Å². The van der Waals surface area contributed by atoms with Crippen molar-refractivity contribution < 1.29 is 4.79 Å². The van der Waals surface area contributed by atoms with Crippen LogP contribution >= 0.6 is 0 Å². The molecule has 0 aliphatic carbocycles. The summed E-state index contributed by atoms with van der Waals surface area (Å²) < 4.78 is 0. The fraction of sp³-hybridized carbons (Fsp3) is 0.538. The number of amides is 2. The maximum absolute atomic E-state index is 11.8. The van der Waals surface area contributed by atoms with Crippen molar-refractivity contribution in [1.82, 2.24) is 15.2 Å². The number of pyridine rings is 1. The summed E-state index contributed by atoms with van der Waals surface area (Å²) in [7, 11) is 0. The lowest BCUT2D eigenvalue weighted by atomic mass is 10.3. The van der Waals surface area contributed by atoms with Gasteiger partial charge in [0.1, 0.15) is 0 Å². The number of hydrogen-bond donors (Lipinski definition) is 1. The molecule has 0 bridgehead atoms. The Balaban J connectivity index is 2.45. The summed E-state index contributed by atoms with van der Waals surface area (Å²) in [6.45, 7) is 6.08. The number of carbonyl (C=O) groups excluding carboxylic acids is 1. The van der Waals surface area contributed by atoms with Crippen LogP contribution < -0.4 is 5.32 Å². The zero-order valence-corrected chi connectivity index (χ0v) is 10.6. The Labute approximate surface area is 103 Å². The van der Waals surface area contributed by atoms with Crippen molar-refractivity contribution in [3.8, 4) is 0 Å². The van der Waals surface area contributed by atoms with Crippen molar-refractivity contribution in [3.05, 3.63) is 30.1 Å². The molecule has 0 aliphatic heterocycles. The van der Waals surface area contributed by atoms with Gasteiger partial charge in [0.25, 0.3) is 0 Å². The van der Waals surface area contributed by atoms with Crippen LogP contribution in [0.1, 0.15) is 32.4 Å². The first-order valence-electron chi connectivity index (χ1n) is 6.20. The summed E-state index contributed by atoms with van der Waals surface area (Å²) in [6, 6.07) is 5.74. The molecule has 0 spiro atoms. The highest BCUT2D eigenvalue weighted by Crippen LogP contribution is 2.01. The summed E-state index contributed by atoms with van der Waals surface area (Å²) >= 11 is 0. The number of unbranched alkanes of at least 4 members (excludes halogenated alkanes) is 1. The van der Waals surface area contributed by atoms with E-state index in [-0.39, 0.29) is 6.03 Å². The molecule has 0 aliphatic rings. The first-order chi connectivity index (χ1) is 8.27. The fourth-order valence-corrected chi connectivity index (χ4v) is 1.50. The van der Waals surface area contributed by atoms with Crippen LogP contribution in [-0.4, -0.2) is 29.0 Å². The Morgan fingerprint density at radius 2 is 2.24 bits per heavy atom. The Morgan fingerprint density at radius 3 is 2.82 bits per heavy atom. The topological polar surface area (TPSA) is 45.2 Å². The van der Waals surface area contributed by atoms with Gasteiger partial charge in [-0.05, 0) is 25.5 Å². The van der Waals surface area contributed by atoms with Gasteiger partial charge in [0.05, 0.1) is 12.2 Å². The van der Waals surface area contributed by atoms with Gasteiger partial charge >= 0.3 is 6.03 Å². The van der Waals surface area contributed by atoms with E-state index in [1.165, 1.54) is 0 Å². The second kappa shape index (κ2) is 7.65. The Hall–Kier alpha value is -1.58. The van der Waals surface area contributed by atoms with Crippen molar-refractivity contribution in [1.29, 1.82) is 0 Å². The molecule has 0 saturated carbocycles. The normalized spacial score (nSPS) is 10.0. The number of urea groups is 1. The summed E-state index contributed by atoms with van der Waals surface area (Å²) in [5.74, 6) is 0. The van der Waals surface area contributed by atoms with Crippen molar-refractivity contribution >= 4 is 6.03 Å². The molecule has 0 unspecified atom stereocenters. The number of nitrogens with zero attached hydrogens (tertiary/aromatic N) is 2. The molecule has 0 radical (unpaired) electrons. The van der Waals surface area contributed by atoms with Crippen molar-refractivity contribution in [2.24, 2.45) is 0 Å². The molecule has 4 nitrogen and oxygen atoms in total. The lowest BCUT2D eigenvalue weighted by Crippen LogP contribution is -2.39. The monoisotopic (exact) mass is 235 g/mol. The summed E-state index contributed by atoms with van der Waals surface area (Å²) in [4.78, 5) is 17.8. The minimum atomic E-state index is -0.00777.